The summed E-state index contributed by atoms with van der Waals surface area (Å²) in [6, 6.07) is 5.21. The number of rotatable bonds is 5. The molecule has 0 bridgehead atoms. The van der Waals surface area contributed by atoms with Gasteiger partial charge in [0, 0.05) is 19.4 Å². The number of pyridine rings is 1. The van der Waals surface area contributed by atoms with Crippen molar-refractivity contribution in [2.45, 2.75) is 13.5 Å². The van der Waals surface area contributed by atoms with Crippen molar-refractivity contribution in [3.63, 3.8) is 0 Å². The number of nitrogens with zero attached hydrogens (tertiary/aromatic N) is 3. The maximum Gasteiger partial charge on any atom is 0.224 e. The number of methoxy groups -OCH3 is 1. The molecule has 0 unspecified atom stereocenters. The van der Waals surface area contributed by atoms with E-state index in [2.05, 4.69) is 20.4 Å². The highest BCUT2D eigenvalue weighted by Gasteiger charge is 2.07. The quantitative estimate of drug-likeness (QED) is 0.620. The number of nitrogen functional groups attached to an aromatic ring is 1. The summed E-state index contributed by atoms with van der Waals surface area (Å²) in [6.07, 6.45) is 1.70. The zero-order chi connectivity index (χ0) is 13.7. The van der Waals surface area contributed by atoms with Gasteiger partial charge in [0.25, 0.3) is 0 Å². The number of hydrogen-bond donors (Lipinski definition) is 2. The second kappa shape index (κ2) is 6.07. The van der Waals surface area contributed by atoms with Gasteiger partial charge in [0.15, 0.2) is 11.6 Å². The van der Waals surface area contributed by atoms with E-state index in [1.165, 1.54) is 0 Å². The first-order valence-electron chi connectivity index (χ1n) is 5.66. The molecule has 0 spiro atoms. The maximum atomic E-state index is 5.67. The van der Waals surface area contributed by atoms with Crippen LogP contribution in [0, 0.1) is 6.92 Å². The summed E-state index contributed by atoms with van der Waals surface area (Å²) in [5.74, 6) is 7.31. The zero-order valence-corrected chi connectivity index (χ0v) is 10.8. The smallest absolute Gasteiger partial charge is 0.224 e. The van der Waals surface area contributed by atoms with E-state index < -0.39 is 0 Å². The zero-order valence-electron chi connectivity index (χ0n) is 10.8. The Bertz CT molecular complexity index is 562. The molecular formula is C12H15N5O2. The Hall–Kier alpha value is -2.25. The number of nitrogens with one attached hydrogen (secondary N) is 1. The van der Waals surface area contributed by atoms with E-state index in [9.17, 15) is 0 Å². The Kier molecular flexibility index (Phi) is 4.22. The number of aromatic nitrogens is 3. The minimum absolute atomic E-state index is 0.276. The molecule has 0 aliphatic rings. The molecule has 0 aliphatic heterocycles. The van der Waals surface area contributed by atoms with E-state index in [0.29, 0.717) is 23.3 Å². The van der Waals surface area contributed by atoms with Gasteiger partial charge < -0.3 is 14.9 Å². The topological polar surface area (TPSA) is 95.2 Å². The van der Waals surface area contributed by atoms with E-state index in [1.807, 2.05) is 13.0 Å². The third-order valence-electron chi connectivity index (χ3n) is 2.34. The molecule has 7 heteroatoms. The van der Waals surface area contributed by atoms with Crippen molar-refractivity contribution >= 4 is 5.82 Å². The number of aryl methyl sites for hydroxylation is 1. The standard InChI is InChI=1S/C12H15N5O2/c1-8-9(4-3-5-14-8)19-12-6-10(17-13)15-11(16-12)7-18-2/h3-6H,7,13H2,1-2H3,(H,15,16,17). The Morgan fingerprint density at radius 2 is 2.21 bits per heavy atom. The number of anilines is 1. The largest absolute Gasteiger partial charge is 0.437 e. The van der Waals surface area contributed by atoms with Crippen LogP contribution in [0.15, 0.2) is 24.4 Å². The number of ether oxygens (including phenoxy) is 2. The fraction of sp³-hybridized carbons (Fsp3) is 0.250. The van der Waals surface area contributed by atoms with Crippen molar-refractivity contribution in [1.29, 1.82) is 0 Å². The van der Waals surface area contributed by atoms with Crippen molar-refractivity contribution in [2.75, 3.05) is 12.5 Å². The van der Waals surface area contributed by atoms with Gasteiger partial charge in [0.1, 0.15) is 12.4 Å². The highest BCUT2D eigenvalue weighted by Crippen LogP contribution is 2.23. The molecule has 19 heavy (non-hydrogen) atoms. The molecule has 100 valence electrons. The first-order chi connectivity index (χ1) is 9.22. The molecule has 2 aromatic heterocycles. The summed E-state index contributed by atoms with van der Waals surface area (Å²) in [5.41, 5.74) is 3.24. The lowest BCUT2D eigenvalue weighted by molar-refractivity contribution is 0.177. The Balaban J connectivity index is 2.29. The normalized spacial score (nSPS) is 10.3. The Labute approximate surface area is 110 Å². The van der Waals surface area contributed by atoms with Gasteiger partial charge in [0.05, 0.1) is 5.69 Å². The number of hydrazine groups is 1. The van der Waals surface area contributed by atoms with Gasteiger partial charge >= 0.3 is 0 Å². The van der Waals surface area contributed by atoms with E-state index in [4.69, 9.17) is 15.3 Å². The van der Waals surface area contributed by atoms with Crippen LogP contribution in [0.4, 0.5) is 5.82 Å². The Morgan fingerprint density at radius 3 is 2.89 bits per heavy atom. The molecule has 0 saturated carbocycles. The summed E-state index contributed by atoms with van der Waals surface area (Å²) in [5, 5.41) is 0. The van der Waals surface area contributed by atoms with E-state index in [-0.39, 0.29) is 6.61 Å². The summed E-state index contributed by atoms with van der Waals surface area (Å²) in [6.45, 7) is 2.13. The maximum absolute atomic E-state index is 5.67. The predicted octanol–water partition coefficient (Wildman–Crippen LogP) is 1.40. The predicted molar refractivity (Wildman–Crippen MR) is 69.6 cm³/mol. The monoisotopic (exact) mass is 261 g/mol. The second-order valence-electron chi connectivity index (χ2n) is 3.77. The number of nitrogens with two attached hydrogens (primary N) is 1. The van der Waals surface area contributed by atoms with Gasteiger partial charge in [-0.25, -0.2) is 10.8 Å². The van der Waals surface area contributed by atoms with Gasteiger partial charge in [0.2, 0.25) is 5.88 Å². The molecule has 3 N–H and O–H groups in total. The SMILES string of the molecule is COCc1nc(NN)cc(Oc2cccnc2C)n1. The van der Waals surface area contributed by atoms with Crippen molar-refractivity contribution in [1.82, 2.24) is 15.0 Å². The molecule has 2 rings (SSSR count). The molecule has 7 nitrogen and oxygen atoms in total. The van der Waals surface area contributed by atoms with Crippen molar-refractivity contribution in [2.24, 2.45) is 5.84 Å². The second-order valence-corrected chi connectivity index (χ2v) is 3.77. The molecule has 0 atom stereocenters. The van der Waals surface area contributed by atoms with E-state index in [1.54, 1.807) is 25.4 Å². The van der Waals surface area contributed by atoms with Crippen molar-refractivity contribution < 1.29 is 9.47 Å². The van der Waals surface area contributed by atoms with Crippen LogP contribution in [-0.2, 0) is 11.3 Å². The molecule has 2 heterocycles. The van der Waals surface area contributed by atoms with Crippen LogP contribution in [0.5, 0.6) is 11.6 Å². The molecule has 0 fully saturated rings. The molecule has 0 saturated heterocycles. The van der Waals surface area contributed by atoms with Gasteiger partial charge in [-0.1, -0.05) is 0 Å². The summed E-state index contributed by atoms with van der Waals surface area (Å²) in [7, 11) is 1.57. The molecular weight excluding hydrogens is 246 g/mol. The van der Waals surface area contributed by atoms with Gasteiger partial charge in [-0.05, 0) is 19.1 Å². The fourth-order valence-corrected chi connectivity index (χ4v) is 1.48. The lowest BCUT2D eigenvalue weighted by Gasteiger charge is -2.09. The lowest BCUT2D eigenvalue weighted by Crippen LogP contribution is -2.11. The van der Waals surface area contributed by atoms with Crippen LogP contribution in [0.1, 0.15) is 11.5 Å². The van der Waals surface area contributed by atoms with Crippen LogP contribution >= 0.6 is 0 Å². The van der Waals surface area contributed by atoms with Gasteiger partial charge in [-0.3, -0.25) is 4.98 Å². The summed E-state index contributed by atoms with van der Waals surface area (Å²) < 4.78 is 10.7. The molecule has 0 aliphatic carbocycles. The minimum atomic E-state index is 0.276. The van der Waals surface area contributed by atoms with Crippen LogP contribution in [-0.4, -0.2) is 22.1 Å². The van der Waals surface area contributed by atoms with Crippen molar-refractivity contribution in [3.8, 4) is 11.6 Å². The third kappa shape index (κ3) is 3.36. The van der Waals surface area contributed by atoms with Crippen molar-refractivity contribution in [3.05, 3.63) is 35.9 Å². The van der Waals surface area contributed by atoms with E-state index in [0.717, 1.165) is 5.69 Å². The van der Waals surface area contributed by atoms with Crippen LogP contribution < -0.4 is 16.0 Å². The van der Waals surface area contributed by atoms with Crippen LogP contribution in [0.2, 0.25) is 0 Å². The first kappa shape index (κ1) is 13.2. The minimum Gasteiger partial charge on any atom is -0.437 e. The number of hydrogen-bond acceptors (Lipinski definition) is 7. The molecule has 0 aromatic carbocycles. The Morgan fingerprint density at radius 1 is 1.37 bits per heavy atom. The highest BCUT2D eigenvalue weighted by molar-refractivity contribution is 5.39. The molecule has 2 aromatic rings. The molecule has 0 amide bonds. The lowest BCUT2D eigenvalue weighted by atomic mass is 10.3. The van der Waals surface area contributed by atoms with E-state index >= 15 is 0 Å². The van der Waals surface area contributed by atoms with Gasteiger partial charge in [-0.15, -0.1) is 0 Å². The third-order valence-corrected chi connectivity index (χ3v) is 2.34. The highest BCUT2D eigenvalue weighted by atomic mass is 16.5. The average molecular weight is 261 g/mol. The molecule has 0 radical (unpaired) electrons. The summed E-state index contributed by atoms with van der Waals surface area (Å²) >= 11 is 0. The van der Waals surface area contributed by atoms with Crippen LogP contribution in [0.25, 0.3) is 0 Å². The summed E-state index contributed by atoms with van der Waals surface area (Å²) in [4.78, 5) is 12.5. The average Bonchev–Trinajstić information content (AvgIpc) is 2.41. The fourth-order valence-electron chi connectivity index (χ4n) is 1.48. The van der Waals surface area contributed by atoms with Crippen LogP contribution in [0.3, 0.4) is 0 Å². The van der Waals surface area contributed by atoms with Gasteiger partial charge in [-0.2, -0.15) is 4.98 Å². The first-order valence-corrected chi connectivity index (χ1v) is 5.66.